The van der Waals surface area contributed by atoms with Crippen molar-refractivity contribution in [2.24, 2.45) is 0 Å². The van der Waals surface area contributed by atoms with E-state index in [-0.39, 0.29) is 0 Å². The number of benzene rings is 1. The van der Waals surface area contributed by atoms with Crippen LogP contribution in [0.4, 0.5) is 0 Å². The summed E-state index contributed by atoms with van der Waals surface area (Å²) in [6, 6.07) is 13.5. The van der Waals surface area contributed by atoms with Crippen LogP contribution < -0.4 is 0 Å². The summed E-state index contributed by atoms with van der Waals surface area (Å²) in [7, 11) is 0. The van der Waals surface area contributed by atoms with Crippen LogP contribution in [-0.2, 0) is 12.8 Å². The number of rotatable bonds is 4. The minimum absolute atomic E-state index is 0.665. The molecule has 0 atom stereocenters. The molecule has 3 rings (SSSR count). The molecule has 0 bridgehead atoms. The van der Waals surface area contributed by atoms with Crippen molar-refractivity contribution in [1.29, 1.82) is 5.26 Å². The topological polar surface area (TPSA) is 78.2 Å². The second-order valence-electron chi connectivity index (χ2n) is 4.66. The van der Waals surface area contributed by atoms with Gasteiger partial charge in [0.2, 0.25) is 0 Å². The lowest BCUT2D eigenvalue weighted by atomic mass is 10.1. The van der Waals surface area contributed by atoms with E-state index in [9.17, 15) is 0 Å². The molecule has 0 aliphatic carbocycles. The van der Waals surface area contributed by atoms with Crippen molar-refractivity contribution in [3.63, 3.8) is 0 Å². The Balaban J connectivity index is 1.66. The number of aryl methyl sites for hydroxylation is 2. The molecule has 1 aromatic carbocycles. The highest BCUT2D eigenvalue weighted by Crippen LogP contribution is 2.13. The van der Waals surface area contributed by atoms with Crippen LogP contribution in [0.3, 0.4) is 0 Å². The van der Waals surface area contributed by atoms with Crippen molar-refractivity contribution in [3.8, 4) is 17.5 Å². The van der Waals surface area contributed by atoms with Gasteiger partial charge in [0.05, 0.1) is 11.6 Å². The monoisotopic (exact) mass is 275 g/mol. The fourth-order valence-corrected chi connectivity index (χ4v) is 2.04. The van der Waals surface area contributed by atoms with Crippen molar-refractivity contribution >= 4 is 0 Å². The van der Waals surface area contributed by atoms with Crippen LogP contribution in [0.2, 0.25) is 0 Å². The zero-order chi connectivity index (χ0) is 14.5. The summed E-state index contributed by atoms with van der Waals surface area (Å²) in [6.45, 7) is 0. The van der Waals surface area contributed by atoms with Gasteiger partial charge in [-0.3, -0.25) is 10.1 Å². The molecule has 0 saturated heterocycles. The average Bonchev–Trinajstić information content (AvgIpc) is 3.03. The molecule has 0 saturated carbocycles. The van der Waals surface area contributed by atoms with Crippen LogP contribution in [0.1, 0.15) is 17.0 Å². The maximum atomic E-state index is 8.77. The van der Waals surface area contributed by atoms with E-state index in [1.54, 1.807) is 12.4 Å². The molecule has 1 N–H and O–H groups in total. The third kappa shape index (κ3) is 3.12. The van der Waals surface area contributed by atoms with E-state index in [1.807, 2.05) is 36.4 Å². The van der Waals surface area contributed by atoms with Crippen molar-refractivity contribution in [3.05, 3.63) is 65.7 Å². The fraction of sp³-hybridized carbons (Fsp3) is 0.125. The van der Waals surface area contributed by atoms with Crippen molar-refractivity contribution in [2.75, 3.05) is 0 Å². The summed E-state index contributed by atoms with van der Waals surface area (Å²) in [5.74, 6) is 1.51. The van der Waals surface area contributed by atoms with Crippen LogP contribution >= 0.6 is 0 Å². The molecule has 0 spiro atoms. The molecule has 102 valence electrons. The van der Waals surface area contributed by atoms with Gasteiger partial charge in [-0.1, -0.05) is 12.1 Å². The number of nitrogens with zero attached hydrogens (tertiary/aromatic N) is 4. The van der Waals surface area contributed by atoms with Gasteiger partial charge in [0.15, 0.2) is 5.82 Å². The number of pyridine rings is 1. The standard InChI is InChI=1S/C16H13N5/c17-10-13-5-3-12(4-6-13)7-8-15-19-16(21-20-15)14-2-1-9-18-11-14/h1-6,9,11H,7-8H2,(H,19,20,21). The van der Waals surface area contributed by atoms with Gasteiger partial charge in [-0.05, 0) is 36.2 Å². The second kappa shape index (κ2) is 5.97. The zero-order valence-corrected chi connectivity index (χ0v) is 11.3. The number of H-pyrrole nitrogens is 1. The summed E-state index contributed by atoms with van der Waals surface area (Å²) >= 11 is 0. The first-order valence-electron chi connectivity index (χ1n) is 6.66. The molecule has 0 radical (unpaired) electrons. The molecule has 0 fully saturated rings. The number of aromatic nitrogens is 4. The molecule has 0 aliphatic heterocycles. The molecule has 0 amide bonds. The summed E-state index contributed by atoms with van der Waals surface area (Å²) < 4.78 is 0. The Morgan fingerprint density at radius 1 is 1.10 bits per heavy atom. The van der Waals surface area contributed by atoms with Gasteiger partial charge in [-0.2, -0.15) is 10.4 Å². The number of hydrogen-bond acceptors (Lipinski definition) is 4. The molecule has 5 nitrogen and oxygen atoms in total. The van der Waals surface area contributed by atoms with E-state index in [0.29, 0.717) is 11.4 Å². The Bertz CT molecular complexity index is 753. The van der Waals surface area contributed by atoms with Crippen molar-refractivity contribution in [2.45, 2.75) is 12.8 Å². The molecular weight excluding hydrogens is 262 g/mol. The van der Waals surface area contributed by atoms with Gasteiger partial charge in [0, 0.05) is 24.4 Å². The number of nitriles is 1. The second-order valence-corrected chi connectivity index (χ2v) is 4.66. The Kier molecular flexibility index (Phi) is 3.70. The number of hydrogen-bond donors (Lipinski definition) is 1. The normalized spacial score (nSPS) is 10.2. The third-order valence-electron chi connectivity index (χ3n) is 3.18. The molecule has 3 aromatic rings. The maximum Gasteiger partial charge on any atom is 0.182 e. The van der Waals surface area contributed by atoms with Crippen molar-refractivity contribution in [1.82, 2.24) is 20.2 Å². The van der Waals surface area contributed by atoms with Crippen LogP contribution in [-0.4, -0.2) is 20.2 Å². The van der Waals surface area contributed by atoms with E-state index in [4.69, 9.17) is 5.26 Å². The molecule has 2 heterocycles. The van der Waals surface area contributed by atoms with Crippen molar-refractivity contribution < 1.29 is 0 Å². The van der Waals surface area contributed by atoms with Gasteiger partial charge in [0.25, 0.3) is 0 Å². The number of aromatic amines is 1. The van der Waals surface area contributed by atoms with E-state index >= 15 is 0 Å². The lowest BCUT2D eigenvalue weighted by Gasteiger charge is -1.98. The summed E-state index contributed by atoms with van der Waals surface area (Å²) in [5, 5.41) is 15.9. The van der Waals surface area contributed by atoms with Gasteiger partial charge < -0.3 is 0 Å². The van der Waals surface area contributed by atoms with Crippen LogP contribution in [0.25, 0.3) is 11.4 Å². The molecule has 5 heteroatoms. The predicted octanol–water partition coefficient (Wildman–Crippen LogP) is 2.52. The minimum Gasteiger partial charge on any atom is -0.264 e. The lowest BCUT2D eigenvalue weighted by molar-refractivity contribution is 0.865. The smallest absolute Gasteiger partial charge is 0.182 e. The lowest BCUT2D eigenvalue weighted by Crippen LogP contribution is -1.93. The van der Waals surface area contributed by atoms with E-state index in [0.717, 1.165) is 24.2 Å². The molecular formula is C16H13N5. The van der Waals surface area contributed by atoms with E-state index < -0.39 is 0 Å². The fourth-order valence-electron chi connectivity index (χ4n) is 2.04. The Labute approximate surface area is 122 Å². The SMILES string of the molecule is N#Cc1ccc(CCc2nc(-c3cccnc3)n[nH]2)cc1. The summed E-state index contributed by atoms with van der Waals surface area (Å²) in [4.78, 5) is 8.53. The first-order chi connectivity index (χ1) is 10.3. The third-order valence-corrected chi connectivity index (χ3v) is 3.18. The Morgan fingerprint density at radius 2 is 1.95 bits per heavy atom. The highest BCUT2D eigenvalue weighted by atomic mass is 15.2. The Hall–Kier alpha value is -3.00. The average molecular weight is 275 g/mol. The molecule has 21 heavy (non-hydrogen) atoms. The van der Waals surface area contributed by atoms with Crippen LogP contribution in [0.5, 0.6) is 0 Å². The zero-order valence-electron chi connectivity index (χ0n) is 11.3. The quantitative estimate of drug-likeness (QED) is 0.793. The minimum atomic E-state index is 0.665. The molecule has 0 unspecified atom stereocenters. The van der Waals surface area contributed by atoms with E-state index in [1.165, 1.54) is 5.56 Å². The highest BCUT2D eigenvalue weighted by Gasteiger charge is 2.06. The summed E-state index contributed by atoms with van der Waals surface area (Å²) in [6.07, 6.45) is 5.10. The maximum absolute atomic E-state index is 8.77. The first kappa shape index (κ1) is 13.0. The predicted molar refractivity (Wildman–Crippen MR) is 78.2 cm³/mol. The van der Waals surface area contributed by atoms with Gasteiger partial charge in [-0.15, -0.1) is 0 Å². The molecule has 0 aliphatic rings. The van der Waals surface area contributed by atoms with Crippen LogP contribution in [0.15, 0.2) is 48.8 Å². The van der Waals surface area contributed by atoms with Gasteiger partial charge in [0.1, 0.15) is 5.82 Å². The molecule has 2 aromatic heterocycles. The van der Waals surface area contributed by atoms with Gasteiger partial charge in [-0.25, -0.2) is 4.98 Å². The van der Waals surface area contributed by atoms with Crippen LogP contribution in [0, 0.1) is 11.3 Å². The highest BCUT2D eigenvalue weighted by molar-refractivity contribution is 5.52. The first-order valence-corrected chi connectivity index (χ1v) is 6.66. The largest absolute Gasteiger partial charge is 0.264 e. The summed E-state index contributed by atoms with van der Waals surface area (Å²) in [5.41, 5.74) is 2.75. The number of nitrogens with one attached hydrogen (secondary N) is 1. The van der Waals surface area contributed by atoms with E-state index in [2.05, 4.69) is 26.2 Å². The Morgan fingerprint density at radius 3 is 2.67 bits per heavy atom. The van der Waals surface area contributed by atoms with Gasteiger partial charge >= 0.3 is 0 Å².